The predicted octanol–water partition coefficient (Wildman–Crippen LogP) is -5.17. The van der Waals surface area contributed by atoms with E-state index < -0.39 is 49.7 Å². The molecule has 130 valence electrons. The van der Waals surface area contributed by atoms with E-state index in [1.165, 1.54) is 6.92 Å². The molecule has 0 saturated carbocycles. The van der Waals surface area contributed by atoms with Crippen molar-refractivity contribution in [3.63, 3.8) is 0 Å². The second-order valence-electron chi connectivity index (χ2n) is 4.90. The number of nitrogens with one attached hydrogen (secondary N) is 1. The first-order valence-electron chi connectivity index (χ1n) is 6.60. The zero-order valence-corrected chi connectivity index (χ0v) is 15.8. The molecule has 0 bridgehead atoms. The third-order valence-corrected chi connectivity index (χ3v) is 4.68. The van der Waals surface area contributed by atoms with Crippen molar-refractivity contribution >= 4 is 7.60 Å². The summed E-state index contributed by atoms with van der Waals surface area (Å²) in [7, 11) is -4.16. The van der Waals surface area contributed by atoms with Crippen LogP contribution in [0.1, 0.15) is 6.92 Å². The van der Waals surface area contributed by atoms with Crippen LogP contribution in [-0.2, 0) is 19.8 Å². The van der Waals surface area contributed by atoms with Gasteiger partial charge in [0.2, 0.25) is 0 Å². The molecule has 1 aromatic heterocycles. The Hall–Kier alpha value is -0.360. The third kappa shape index (κ3) is 4.24. The molecule has 2 heterocycles. The Morgan fingerprint density at radius 1 is 1.54 bits per heavy atom. The molecule has 1 aromatic rings. The Balaban J connectivity index is 0.00000288. The molecular formula is C11H15FN2NaO8P. The van der Waals surface area contributed by atoms with Crippen LogP contribution in [0.5, 0.6) is 0 Å². The molecule has 0 radical (unpaired) electrons. The number of aromatic nitrogens is 2. The van der Waals surface area contributed by atoms with Gasteiger partial charge in [-0.2, -0.15) is 4.39 Å². The zero-order chi connectivity index (χ0) is 17.4. The van der Waals surface area contributed by atoms with Gasteiger partial charge in [-0.1, -0.05) is 6.92 Å². The van der Waals surface area contributed by atoms with Gasteiger partial charge >= 0.3 is 41.2 Å². The van der Waals surface area contributed by atoms with E-state index in [1.807, 2.05) is 0 Å². The predicted molar refractivity (Wildman–Crippen MR) is 71.4 cm³/mol. The summed E-state index contributed by atoms with van der Waals surface area (Å²) in [6, 6.07) is 0.817. The molecule has 0 aliphatic carbocycles. The summed E-state index contributed by atoms with van der Waals surface area (Å²) in [5, 5.41) is 19.6. The Labute approximate surface area is 157 Å². The molecule has 0 spiro atoms. The maximum absolute atomic E-state index is 14.8. The third-order valence-electron chi connectivity index (χ3n) is 3.36. The fourth-order valence-electron chi connectivity index (χ4n) is 2.03. The van der Waals surface area contributed by atoms with Crippen molar-refractivity contribution in [3.05, 3.63) is 33.1 Å². The van der Waals surface area contributed by atoms with Crippen LogP contribution in [0.25, 0.3) is 0 Å². The van der Waals surface area contributed by atoms with Crippen molar-refractivity contribution in [1.82, 2.24) is 9.55 Å². The second kappa shape index (κ2) is 7.90. The molecule has 2 rings (SSSR count). The van der Waals surface area contributed by atoms with Crippen molar-refractivity contribution in [3.8, 4) is 0 Å². The van der Waals surface area contributed by atoms with Crippen LogP contribution in [-0.4, -0.2) is 50.8 Å². The number of aliphatic hydroxyl groups is 2. The van der Waals surface area contributed by atoms with Gasteiger partial charge in [0.25, 0.3) is 5.56 Å². The van der Waals surface area contributed by atoms with E-state index in [-0.39, 0.29) is 40.3 Å². The fourth-order valence-corrected chi connectivity index (χ4v) is 2.59. The molecule has 1 fully saturated rings. The smallest absolute Gasteiger partial charge is 0.779 e. The van der Waals surface area contributed by atoms with Gasteiger partial charge < -0.3 is 28.9 Å². The van der Waals surface area contributed by atoms with Gasteiger partial charge in [0.05, 0.1) is 6.61 Å². The Bertz CT molecular complexity index is 741. The number of hydrogen-bond acceptors (Lipinski definition) is 8. The summed E-state index contributed by atoms with van der Waals surface area (Å²) >= 11 is 0. The van der Waals surface area contributed by atoms with Crippen molar-refractivity contribution in [1.29, 1.82) is 0 Å². The molecule has 13 heteroatoms. The molecule has 0 aromatic carbocycles. The molecule has 0 amide bonds. The number of rotatable bonds is 5. The molecule has 1 aliphatic rings. The zero-order valence-electron chi connectivity index (χ0n) is 12.9. The van der Waals surface area contributed by atoms with Gasteiger partial charge in [0.1, 0.15) is 19.8 Å². The normalized spacial score (nSPS) is 32.1. The summed E-state index contributed by atoms with van der Waals surface area (Å²) in [5.41, 5.74) is -2.01. The van der Waals surface area contributed by atoms with Crippen LogP contribution in [0.3, 0.4) is 0 Å². The molecule has 10 nitrogen and oxygen atoms in total. The van der Waals surface area contributed by atoms with Crippen LogP contribution in [0.15, 0.2) is 21.9 Å². The quantitative estimate of drug-likeness (QED) is 0.340. The van der Waals surface area contributed by atoms with E-state index in [4.69, 9.17) is 4.74 Å². The van der Waals surface area contributed by atoms with Crippen molar-refractivity contribution in [2.45, 2.75) is 31.2 Å². The Kier molecular flexibility index (Phi) is 7.13. The first-order chi connectivity index (χ1) is 10.6. The van der Waals surface area contributed by atoms with Crippen LogP contribution in [0, 0.1) is 0 Å². The maximum Gasteiger partial charge on any atom is 1.00 e. The SMILES string of the molecule is CCP(=O)([O-])OC[C@H]1O[C@@](F)(n2ccc(=O)[nH]c2=O)[C@H](O)[C@@H]1O.[Na+]. The summed E-state index contributed by atoms with van der Waals surface area (Å²) in [4.78, 5) is 35.7. The molecule has 1 unspecified atom stereocenters. The van der Waals surface area contributed by atoms with Gasteiger partial charge in [-0.05, 0) is 0 Å². The number of H-pyrrole nitrogens is 1. The van der Waals surface area contributed by atoms with Crippen LogP contribution in [0.4, 0.5) is 4.39 Å². The topological polar surface area (TPSA) is 154 Å². The average Bonchev–Trinajstić information content (AvgIpc) is 2.70. The largest absolute Gasteiger partial charge is 1.00 e. The molecule has 5 atom stereocenters. The first-order valence-corrected chi connectivity index (χ1v) is 8.33. The fraction of sp³-hybridized carbons (Fsp3) is 0.636. The minimum Gasteiger partial charge on any atom is -0.779 e. The van der Waals surface area contributed by atoms with Crippen molar-refractivity contribution < 1.29 is 62.9 Å². The number of hydrogen-bond donors (Lipinski definition) is 3. The maximum atomic E-state index is 14.8. The number of halogens is 1. The van der Waals surface area contributed by atoms with E-state index in [0.717, 1.165) is 12.3 Å². The second-order valence-corrected chi connectivity index (χ2v) is 7.02. The molecular weight excluding hydrogens is 361 g/mol. The van der Waals surface area contributed by atoms with Gasteiger partial charge in [0.15, 0.2) is 6.10 Å². The number of nitrogens with zero attached hydrogens (tertiary/aromatic N) is 1. The van der Waals surface area contributed by atoms with Crippen LogP contribution >= 0.6 is 7.60 Å². The minimum absolute atomic E-state index is 0. The van der Waals surface area contributed by atoms with Gasteiger partial charge in [-0.15, -0.1) is 0 Å². The van der Waals surface area contributed by atoms with Crippen LogP contribution in [0.2, 0.25) is 0 Å². The van der Waals surface area contributed by atoms with Gasteiger partial charge in [-0.3, -0.25) is 9.78 Å². The van der Waals surface area contributed by atoms with Crippen LogP contribution < -0.4 is 45.7 Å². The number of ether oxygens (including phenoxy) is 1. The first kappa shape index (κ1) is 21.7. The molecule has 1 saturated heterocycles. The summed E-state index contributed by atoms with van der Waals surface area (Å²) < 4.78 is 35.7. The number of aromatic amines is 1. The average molecular weight is 376 g/mol. The van der Waals surface area contributed by atoms with E-state index in [9.17, 15) is 33.7 Å². The van der Waals surface area contributed by atoms with E-state index in [0.29, 0.717) is 0 Å². The monoisotopic (exact) mass is 376 g/mol. The van der Waals surface area contributed by atoms with Crippen molar-refractivity contribution in [2.24, 2.45) is 0 Å². The Morgan fingerprint density at radius 2 is 2.17 bits per heavy atom. The van der Waals surface area contributed by atoms with Crippen molar-refractivity contribution in [2.75, 3.05) is 12.8 Å². The molecule has 1 aliphatic heterocycles. The summed E-state index contributed by atoms with van der Waals surface area (Å²) in [6.45, 7) is 0.588. The van der Waals surface area contributed by atoms with Gasteiger partial charge in [-0.25, -0.2) is 9.36 Å². The van der Waals surface area contributed by atoms with Gasteiger partial charge in [0, 0.05) is 18.4 Å². The molecule has 3 N–H and O–H groups in total. The Morgan fingerprint density at radius 3 is 2.71 bits per heavy atom. The molecule has 24 heavy (non-hydrogen) atoms. The summed E-state index contributed by atoms with van der Waals surface area (Å²) in [5.74, 6) is -3.19. The van der Waals surface area contributed by atoms with E-state index in [2.05, 4.69) is 4.52 Å². The number of aliphatic hydroxyl groups excluding tert-OH is 2. The van der Waals surface area contributed by atoms with E-state index in [1.54, 1.807) is 4.98 Å². The minimum atomic E-state index is -4.16. The standard InChI is InChI=1S/C11H16FN2O8P.Na/c1-2-23(19,20)21-5-6-8(16)9(17)11(12,22-6)14-4-3-7(15)13-10(14)18;/h3-4,6,8-9,16-17H,2,5H2,1H3,(H,19,20)(H,13,15,18);/q;+1/p-1/t6-,8-,9-,11+;/m1./s1. The summed E-state index contributed by atoms with van der Waals surface area (Å²) in [6.07, 6.45) is -5.17. The number of alkyl halides is 1. The van der Waals surface area contributed by atoms with E-state index >= 15 is 0 Å².